The quantitative estimate of drug-likeness (QED) is 0.0979. The summed E-state index contributed by atoms with van der Waals surface area (Å²) in [4.78, 5) is 0. The number of hydrogen-bond donors (Lipinski definition) is 0. The van der Waals surface area contributed by atoms with Gasteiger partial charge in [-0.2, -0.15) is 92.2 Å². The number of nitrogens with zero attached hydrogens (tertiary/aromatic N) is 2. The molecule has 25 heteroatoms. The Morgan fingerprint density at radius 3 is 1.12 bits per heavy atom. The number of halogens is 21. The van der Waals surface area contributed by atoms with Crippen LogP contribution >= 0.6 is 0 Å². The maximum absolute atomic E-state index is 14.0. The molecule has 288 valence electrons. The van der Waals surface area contributed by atoms with Crippen molar-refractivity contribution in [2.45, 2.75) is 111 Å². The molecule has 1 aromatic rings. The molecule has 0 aromatic carbocycles. The molecular formula is C24H23F21N2O2. The summed E-state index contributed by atoms with van der Waals surface area (Å²) < 4.78 is 292. The van der Waals surface area contributed by atoms with E-state index < -0.39 is 78.4 Å². The third-order valence-corrected chi connectivity index (χ3v) is 6.61. The summed E-state index contributed by atoms with van der Waals surface area (Å²) in [6, 6.07) is 1.70. The summed E-state index contributed by atoms with van der Waals surface area (Å²) in [5.41, 5.74) is 0. The molecule has 1 aromatic heterocycles. The molecule has 1 heterocycles. The average molecular weight is 770 g/mol. The Bertz CT molecular complexity index is 1200. The molecule has 0 spiro atoms. The van der Waals surface area contributed by atoms with Crippen LogP contribution in [0.15, 0.2) is 12.1 Å². The standard InChI is InChI=1S/C24H23F21N2O2/c1-2-3-4-5-6-7-11-48-13-8-9-14(47-46-13)49-12-10-15(25,26)16(27,28)17(29,30)18(31,32)19(33,34)20(35,36)21(37,38)22(39,40)23(41,42)24(43,44)45/h8-9H,2-7,10-12H2,1H3. The van der Waals surface area contributed by atoms with Gasteiger partial charge in [0.2, 0.25) is 11.8 Å². The molecule has 0 saturated heterocycles. The van der Waals surface area contributed by atoms with Crippen molar-refractivity contribution in [3.8, 4) is 11.8 Å². The molecule has 0 atom stereocenters. The maximum atomic E-state index is 14.0. The van der Waals surface area contributed by atoms with E-state index in [4.69, 9.17) is 4.74 Å². The van der Waals surface area contributed by atoms with Crippen molar-refractivity contribution >= 4 is 0 Å². The number of alkyl halides is 21. The summed E-state index contributed by atoms with van der Waals surface area (Å²) in [5.74, 6) is -78.4. The molecule has 0 radical (unpaired) electrons. The van der Waals surface area contributed by atoms with E-state index in [2.05, 4.69) is 14.9 Å². The molecule has 0 saturated carbocycles. The van der Waals surface area contributed by atoms with Gasteiger partial charge in [-0.15, -0.1) is 10.2 Å². The SMILES string of the molecule is CCCCCCCCOc1ccc(OCCC(F)(F)C(F)(F)C(F)(F)C(F)(F)C(F)(F)C(F)(F)C(F)(F)C(F)(F)C(F)(F)C(F)(F)F)nn1. The molecule has 0 N–H and O–H groups in total. The lowest BCUT2D eigenvalue weighted by Crippen LogP contribution is -2.76. The minimum Gasteiger partial charge on any atom is -0.477 e. The number of unbranched alkanes of at least 4 members (excludes halogenated alkanes) is 5. The summed E-state index contributed by atoms with van der Waals surface area (Å²) in [6.07, 6.45) is -5.75. The molecule has 0 unspecified atom stereocenters. The van der Waals surface area contributed by atoms with Crippen molar-refractivity contribution in [1.29, 1.82) is 0 Å². The average Bonchev–Trinajstić information content (AvgIpc) is 2.96. The summed E-state index contributed by atoms with van der Waals surface area (Å²) in [7, 11) is 0. The number of aromatic nitrogens is 2. The largest absolute Gasteiger partial charge is 0.477 e. The van der Waals surface area contributed by atoms with Crippen LogP contribution in [0.3, 0.4) is 0 Å². The van der Waals surface area contributed by atoms with Gasteiger partial charge in [0, 0.05) is 12.1 Å². The monoisotopic (exact) mass is 770 g/mol. The van der Waals surface area contributed by atoms with Crippen LogP contribution in [0.1, 0.15) is 51.9 Å². The molecule has 0 bridgehead atoms. The zero-order valence-electron chi connectivity index (χ0n) is 24.2. The van der Waals surface area contributed by atoms with Crippen molar-refractivity contribution in [3.63, 3.8) is 0 Å². The van der Waals surface area contributed by atoms with Gasteiger partial charge in [0.1, 0.15) is 0 Å². The van der Waals surface area contributed by atoms with Gasteiger partial charge < -0.3 is 9.47 Å². The van der Waals surface area contributed by atoms with E-state index in [1.165, 1.54) is 0 Å². The fourth-order valence-corrected chi connectivity index (χ4v) is 3.55. The van der Waals surface area contributed by atoms with Crippen LogP contribution < -0.4 is 9.47 Å². The zero-order chi connectivity index (χ0) is 38.8. The maximum Gasteiger partial charge on any atom is 0.460 e. The minimum absolute atomic E-state index is 0.117. The third kappa shape index (κ3) is 7.77. The predicted octanol–water partition coefficient (Wildman–Crippen LogP) is 10.3. The Kier molecular flexibility index (Phi) is 13.0. The highest BCUT2D eigenvalue weighted by atomic mass is 19.4. The second-order valence-corrected chi connectivity index (χ2v) is 10.2. The second-order valence-electron chi connectivity index (χ2n) is 10.2. The van der Waals surface area contributed by atoms with Crippen LogP contribution in [0, 0.1) is 0 Å². The summed E-state index contributed by atoms with van der Waals surface area (Å²) in [5, 5.41) is 6.53. The van der Waals surface area contributed by atoms with Gasteiger partial charge in [0.25, 0.3) is 0 Å². The first-order valence-corrected chi connectivity index (χ1v) is 13.3. The van der Waals surface area contributed by atoms with E-state index in [9.17, 15) is 92.2 Å². The minimum atomic E-state index is -9.21. The lowest BCUT2D eigenvalue weighted by atomic mass is 9.86. The van der Waals surface area contributed by atoms with Crippen LogP contribution in [0.25, 0.3) is 0 Å². The van der Waals surface area contributed by atoms with Gasteiger partial charge in [-0.3, -0.25) is 0 Å². The van der Waals surface area contributed by atoms with Crippen LogP contribution in [0.2, 0.25) is 0 Å². The second kappa shape index (κ2) is 14.4. The highest BCUT2D eigenvalue weighted by Gasteiger charge is 2.97. The molecular weight excluding hydrogens is 747 g/mol. The fraction of sp³-hybridized carbons (Fsp3) is 0.833. The Hall–Kier alpha value is -2.79. The Labute approximate surface area is 261 Å². The molecule has 0 amide bonds. The predicted molar refractivity (Wildman–Crippen MR) is 122 cm³/mol. The van der Waals surface area contributed by atoms with Crippen molar-refractivity contribution in [2.75, 3.05) is 13.2 Å². The van der Waals surface area contributed by atoms with E-state index in [1.54, 1.807) is 0 Å². The van der Waals surface area contributed by atoms with Crippen LogP contribution in [-0.4, -0.2) is 82.9 Å². The first-order chi connectivity index (χ1) is 21.8. The molecule has 49 heavy (non-hydrogen) atoms. The van der Waals surface area contributed by atoms with Gasteiger partial charge in [-0.05, 0) is 6.42 Å². The molecule has 0 aliphatic carbocycles. The van der Waals surface area contributed by atoms with Crippen molar-refractivity contribution < 1.29 is 102 Å². The topological polar surface area (TPSA) is 44.2 Å². The smallest absolute Gasteiger partial charge is 0.460 e. The van der Waals surface area contributed by atoms with Crippen LogP contribution in [-0.2, 0) is 0 Å². The lowest BCUT2D eigenvalue weighted by Gasteiger charge is -2.44. The van der Waals surface area contributed by atoms with Crippen molar-refractivity contribution in [2.24, 2.45) is 0 Å². The number of hydrogen-bond acceptors (Lipinski definition) is 4. The summed E-state index contributed by atoms with van der Waals surface area (Å²) >= 11 is 0. The van der Waals surface area contributed by atoms with E-state index in [0.29, 0.717) is 6.42 Å². The van der Waals surface area contributed by atoms with Gasteiger partial charge in [-0.1, -0.05) is 39.0 Å². The van der Waals surface area contributed by atoms with E-state index in [0.717, 1.165) is 44.2 Å². The number of rotatable bonds is 20. The van der Waals surface area contributed by atoms with E-state index in [1.807, 2.05) is 6.92 Å². The first-order valence-electron chi connectivity index (χ1n) is 13.3. The van der Waals surface area contributed by atoms with Crippen LogP contribution in [0.5, 0.6) is 11.8 Å². The summed E-state index contributed by atoms with van der Waals surface area (Å²) in [6.45, 7) is 0.151. The fourth-order valence-electron chi connectivity index (χ4n) is 3.55. The van der Waals surface area contributed by atoms with E-state index in [-0.39, 0.29) is 12.5 Å². The molecule has 0 fully saturated rings. The Balaban J connectivity index is 3.17. The molecule has 0 aliphatic heterocycles. The van der Waals surface area contributed by atoms with Crippen molar-refractivity contribution in [1.82, 2.24) is 10.2 Å². The van der Waals surface area contributed by atoms with E-state index >= 15 is 0 Å². The Morgan fingerprint density at radius 2 is 0.755 bits per heavy atom. The first kappa shape index (κ1) is 44.2. The van der Waals surface area contributed by atoms with Crippen LogP contribution in [0.4, 0.5) is 92.2 Å². The Morgan fingerprint density at radius 1 is 0.429 bits per heavy atom. The highest BCUT2D eigenvalue weighted by Crippen LogP contribution is 2.66. The van der Waals surface area contributed by atoms with Crippen molar-refractivity contribution in [3.05, 3.63) is 12.1 Å². The molecule has 0 aliphatic rings. The normalized spacial score (nSPS) is 15.1. The van der Waals surface area contributed by atoms with Gasteiger partial charge in [0.15, 0.2) is 0 Å². The molecule has 4 nitrogen and oxygen atoms in total. The highest BCUT2D eigenvalue weighted by molar-refractivity contribution is 5.18. The third-order valence-electron chi connectivity index (χ3n) is 6.61. The lowest BCUT2D eigenvalue weighted by molar-refractivity contribution is -0.474. The van der Waals surface area contributed by atoms with Gasteiger partial charge >= 0.3 is 59.5 Å². The molecule has 1 rings (SSSR count). The van der Waals surface area contributed by atoms with Gasteiger partial charge in [-0.25, -0.2) is 0 Å². The zero-order valence-corrected chi connectivity index (χ0v) is 24.2. The van der Waals surface area contributed by atoms with Gasteiger partial charge in [0.05, 0.1) is 19.6 Å². The number of ether oxygens (including phenoxy) is 2.